The molecule has 0 unspecified atom stereocenters. The number of benzene rings is 1. The lowest BCUT2D eigenvalue weighted by molar-refractivity contribution is 0.0963. The van der Waals surface area contributed by atoms with Crippen molar-refractivity contribution in [1.29, 1.82) is 0 Å². The van der Waals surface area contributed by atoms with Crippen LogP contribution < -0.4 is 15.1 Å². The molecule has 5 rings (SSSR count). The Morgan fingerprint density at radius 3 is 2.65 bits per heavy atom. The number of fused-ring (bicyclic) bond motifs is 1. The molecule has 0 aliphatic carbocycles. The van der Waals surface area contributed by atoms with Crippen molar-refractivity contribution >= 4 is 23.4 Å². The molecule has 8 heteroatoms. The second kappa shape index (κ2) is 8.31. The van der Waals surface area contributed by atoms with Gasteiger partial charge in [0.2, 0.25) is 5.95 Å². The summed E-state index contributed by atoms with van der Waals surface area (Å²) in [5.41, 5.74) is 4.58. The van der Waals surface area contributed by atoms with Crippen LogP contribution in [0.15, 0.2) is 48.8 Å². The van der Waals surface area contributed by atoms with Gasteiger partial charge in [-0.15, -0.1) is 0 Å². The third-order valence-electron chi connectivity index (χ3n) is 5.71. The van der Waals surface area contributed by atoms with Crippen molar-refractivity contribution in [3.63, 3.8) is 0 Å². The Bertz CT molecular complexity index is 1100. The molecule has 0 radical (unpaired) electrons. The van der Waals surface area contributed by atoms with Gasteiger partial charge in [0.05, 0.1) is 18.9 Å². The van der Waals surface area contributed by atoms with Gasteiger partial charge >= 0.3 is 0 Å². The molecule has 3 aromatic rings. The zero-order valence-electron chi connectivity index (χ0n) is 17.4. The zero-order chi connectivity index (χ0) is 21.2. The van der Waals surface area contributed by atoms with Crippen LogP contribution in [0.4, 0.5) is 17.5 Å². The molecule has 31 heavy (non-hydrogen) atoms. The molecule has 8 nitrogen and oxygen atoms in total. The number of aromatic nitrogens is 3. The van der Waals surface area contributed by atoms with Crippen LogP contribution >= 0.6 is 0 Å². The smallest absolute Gasteiger partial charge is 0.251 e. The van der Waals surface area contributed by atoms with E-state index in [1.165, 1.54) is 0 Å². The van der Waals surface area contributed by atoms with E-state index in [-0.39, 0.29) is 5.91 Å². The zero-order valence-corrected chi connectivity index (χ0v) is 17.4. The molecule has 1 fully saturated rings. The van der Waals surface area contributed by atoms with Gasteiger partial charge in [0, 0.05) is 61.5 Å². The van der Waals surface area contributed by atoms with Crippen LogP contribution in [0.3, 0.4) is 0 Å². The van der Waals surface area contributed by atoms with Crippen LogP contribution in [0, 0.1) is 0 Å². The second-order valence-electron chi connectivity index (χ2n) is 7.54. The number of ether oxygens (including phenoxy) is 1. The van der Waals surface area contributed by atoms with Crippen molar-refractivity contribution in [2.75, 3.05) is 49.7 Å². The highest BCUT2D eigenvalue weighted by Crippen LogP contribution is 2.39. The molecule has 1 N–H and O–H groups in total. The van der Waals surface area contributed by atoms with Crippen molar-refractivity contribution in [3.05, 3.63) is 59.9 Å². The molecule has 4 heterocycles. The van der Waals surface area contributed by atoms with Gasteiger partial charge in [-0.05, 0) is 30.7 Å². The van der Waals surface area contributed by atoms with Crippen LogP contribution in [-0.4, -0.2) is 60.8 Å². The lowest BCUT2D eigenvalue weighted by Crippen LogP contribution is -2.37. The predicted octanol–water partition coefficient (Wildman–Crippen LogP) is 2.43. The first-order chi connectivity index (χ1) is 15.2. The minimum Gasteiger partial charge on any atom is -0.378 e. The predicted molar refractivity (Wildman–Crippen MR) is 119 cm³/mol. The van der Waals surface area contributed by atoms with Gasteiger partial charge in [-0.3, -0.25) is 9.78 Å². The molecule has 0 saturated carbocycles. The summed E-state index contributed by atoms with van der Waals surface area (Å²) < 4.78 is 5.51. The van der Waals surface area contributed by atoms with Crippen molar-refractivity contribution in [3.8, 4) is 11.3 Å². The molecule has 1 amide bonds. The fourth-order valence-corrected chi connectivity index (χ4v) is 4.11. The average molecular weight is 416 g/mol. The summed E-state index contributed by atoms with van der Waals surface area (Å²) in [4.78, 5) is 30.7. The van der Waals surface area contributed by atoms with Crippen molar-refractivity contribution in [2.24, 2.45) is 0 Å². The van der Waals surface area contributed by atoms with Crippen molar-refractivity contribution in [2.45, 2.75) is 6.42 Å². The maximum atomic E-state index is 12.2. The summed E-state index contributed by atoms with van der Waals surface area (Å²) in [6, 6.07) is 11.6. The van der Waals surface area contributed by atoms with Gasteiger partial charge < -0.3 is 19.9 Å². The van der Waals surface area contributed by atoms with Crippen molar-refractivity contribution in [1.82, 2.24) is 20.3 Å². The van der Waals surface area contributed by atoms with Gasteiger partial charge in [-0.2, -0.15) is 4.98 Å². The minimum atomic E-state index is -0.112. The monoisotopic (exact) mass is 416 g/mol. The number of nitrogens with zero attached hydrogens (tertiary/aromatic N) is 5. The first-order valence-corrected chi connectivity index (χ1v) is 10.5. The number of amides is 1. The van der Waals surface area contributed by atoms with Gasteiger partial charge in [-0.1, -0.05) is 12.1 Å². The molecule has 2 aliphatic heterocycles. The number of nitrogens with one attached hydrogen (secondary N) is 1. The molecule has 0 bridgehead atoms. The van der Waals surface area contributed by atoms with E-state index in [0.29, 0.717) is 24.7 Å². The number of carbonyl (C=O) groups excluding carboxylic acids is 1. The first-order valence-electron chi connectivity index (χ1n) is 10.5. The van der Waals surface area contributed by atoms with Crippen molar-refractivity contribution < 1.29 is 9.53 Å². The molecule has 0 atom stereocenters. The highest BCUT2D eigenvalue weighted by molar-refractivity contribution is 5.95. The normalized spacial score (nSPS) is 15.6. The van der Waals surface area contributed by atoms with E-state index in [2.05, 4.69) is 20.1 Å². The maximum absolute atomic E-state index is 12.2. The number of morpholine rings is 1. The summed E-state index contributed by atoms with van der Waals surface area (Å²) in [5.74, 6) is 1.51. The lowest BCUT2D eigenvalue weighted by Gasteiger charge is -2.28. The summed E-state index contributed by atoms with van der Waals surface area (Å²) in [6.07, 6.45) is 4.43. The largest absolute Gasteiger partial charge is 0.378 e. The number of hydrogen-bond donors (Lipinski definition) is 1. The van der Waals surface area contributed by atoms with Gasteiger partial charge in [0.25, 0.3) is 5.91 Å². The number of carbonyl (C=O) groups is 1. The number of pyridine rings is 1. The highest BCUT2D eigenvalue weighted by Gasteiger charge is 2.29. The highest BCUT2D eigenvalue weighted by atomic mass is 16.5. The summed E-state index contributed by atoms with van der Waals surface area (Å²) in [7, 11) is 1.64. The molecular weight excluding hydrogens is 392 g/mol. The molecule has 0 spiro atoms. The molecule has 2 aromatic heterocycles. The Balaban J connectivity index is 1.64. The van der Waals surface area contributed by atoms with Crippen LogP contribution in [0.1, 0.15) is 15.9 Å². The minimum absolute atomic E-state index is 0.112. The standard InChI is InChI=1S/C23H24N6O2/c1-24-22(30)17-4-2-3-16(15-17)20-19-7-10-29(18-5-8-25-9-6-18)21(19)27-23(26-20)28-11-13-31-14-12-28/h2-6,8-9,15H,7,10-14H2,1H3,(H,24,30). The van der Waals surface area contributed by atoms with Crippen LogP contribution in [0.25, 0.3) is 11.3 Å². The number of rotatable bonds is 4. The molecule has 2 aliphatic rings. The van der Waals surface area contributed by atoms with Gasteiger partial charge in [0.15, 0.2) is 0 Å². The van der Waals surface area contributed by atoms with E-state index < -0.39 is 0 Å². The SMILES string of the molecule is CNC(=O)c1cccc(-c2nc(N3CCOCC3)nc3c2CCN3c2ccncc2)c1. The Morgan fingerprint density at radius 1 is 1.06 bits per heavy atom. The quantitative estimate of drug-likeness (QED) is 0.699. The summed E-state index contributed by atoms with van der Waals surface area (Å²) in [5, 5.41) is 2.70. The van der Waals surface area contributed by atoms with Crippen LogP contribution in [0.2, 0.25) is 0 Å². The van der Waals surface area contributed by atoms with Crippen LogP contribution in [-0.2, 0) is 11.2 Å². The summed E-state index contributed by atoms with van der Waals surface area (Å²) >= 11 is 0. The fourth-order valence-electron chi connectivity index (χ4n) is 4.11. The van der Waals surface area contributed by atoms with Crippen LogP contribution in [0.5, 0.6) is 0 Å². The van der Waals surface area contributed by atoms with E-state index >= 15 is 0 Å². The van der Waals surface area contributed by atoms with E-state index in [1.54, 1.807) is 19.4 Å². The first kappa shape index (κ1) is 19.4. The molecule has 158 valence electrons. The topological polar surface area (TPSA) is 83.5 Å². The van der Waals surface area contributed by atoms with E-state index in [9.17, 15) is 4.79 Å². The fraction of sp³-hybridized carbons (Fsp3) is 0.304. The molecule has 1 saturated heterocycles. The second-order valence-corrected chi connectivity index (χ2v) is 7.54. The van der Waals surface area contributed by atoms with E-state index in [0.717, 1.165) is 54.4 Å². The molecular formula is C23H24N6O2. The summed E-state index contributed by atoms with van der Waals surface area (Å²) in [6.45, 7) is 3.66. The third-order valence-corrected chi connectivity index (χ3v) is 5.71. The Hall–Kier alpha value is -3.52. The average Bonchev–Trinajstić information content (AvgIpc) is 3.28. The third kappa shape index (κ3) is 3.70. The van der Waals surface area contributed by atoms with E-state index in [4.69, 9.17) is 14.7 Å². The van der Waals surface area contributed by atoms with Gasteiger partial charge in [0.1, 0.15) is 5.82 Å². The number of anilines is 3. The Labute approximate surface area is 180 Å². The molecule has 1 aromatic carbocycles. The Morgan fingerprint density at radius 2 is 1.87 bits per heavy atom. The number of hydrogen-bond acceptors (Lipinski definition) is 7. The lowest BCUT2D eigenvalue weighted by atomic mass is 10.0. The van der Waals surface area contributed by atoms with Gasteiger partial charge in [-0.25, -0.2) is 4.98 Å². The maximum Gasteiger partial charge on any atom is 0.251 e. The van der Waals surface area contributed by atoms with E-state index in [1.807, 2.05) is 36.4 Å². The Kier molecular flexibility index (Phi) is 5.21.